The van der Waals surface area contributed by atoms with Crippen molar-refractivity contribution in [3.05, 3.63) is 58.5 Å². The number of nitrogens with zero attached hydrogens (tertiary/aromatic N) is 2. The van der Waals surface area contributed by atoms with Gasteiger partial charge in [-0.1, -0.05) is 18.2 Å². The second-order valence-corrected chi connectivity index (χ2v) is 8.38. The van der Waals surface area contributed by atoms with Gasteiger partial charge in [0.15, 0.2) is 5.65 Å². The van der Waals surface area contributed by atoms with Gasteiger partial charge in [0.1, 0.15) is 0 Å². The van der Waals surface area contributed by atoms with E-state index in [1.54, 1.807) is 0 Å². The van der Waals surface area contributed by atoms with Crippen molar-refractivity contribution in [1.29, 1.82) is 0 Å². The maximum absolute atomic E-state index is 12.5. The highest BCUT2D eigenvalue weighted by Gasteiger charge is 2.14. The molecule has 4 N–H and O–H groups in total. The Morgan fingerprint density at radius 3 is 2.38 bits per heavy atom. The van der Waals surface area contributed by atoms with Crippen LogP contribution in [0.5, 0.6) is 0 Å². The van der Waals surface area contributed by atoms with Crippen molar-refractivity contribution in [2.75, 3.05) is 17.2 Å². The number of aromatic nitrogens is 2. The summed E-state index contributed by atoms with van der Waals surface area (Å²) in [6.07, 6.45) is 1.56. The molecule has 0 fully saturated rings. The highest BCUT2D eigenvalue weighted by atomic mass is 16.4. The van der Waals surface area contributed by atoms with Crippen LogP contribution in [0.2, 0.25) is 0 Å². The van der Waals surface area contributed by atoms with E-state index in [4.69, 9.17) is 5.11 Å². The fourth-order valence-corrected chi connectivity index (χ4v) is 3.73. The second-order valence-electron chi connectivity index (χ2n) is 8.38. The van der Waals surface area contributed by atoms with Gasteiger partial charge in [0.2, 0.25) is 11.8 Å². The van der Waals surface area contributed by atoms with Crippen LogP contribution in [0.15, 0.2) is 30.5 Å². The number of carbonyl (C=O) groups is 3. The van der Waals surface area contributed by atoms with E-state index in [-0.39, 0.29) is 37.6 Å². The van der Waals surface area contributed by atoms with E-state index in [0.29, 0.717) is 12.2 Å². The summed E-state index contributed by atoms with van der Waals surface area (Å²) >= 11 is 0. The largest absolute Gasteiger partial charge is 0.481 e. The molecule has 3 rings (SSSR count). The monoisotopic (exact) mass is 465 g/mol. The average molecular weight is 466 g/mol. The number of hydrogen-bond acceptors (Lipinski definition) is 5. The average Bonchev–Trinajstić information content (AvgIpc) is 3.06. The van der Waals surface area contributed by atoms with Crippen molar-refractivity contribution in [2.45, 2.75) is 53.5 Å². The van der Waals surface area contributed by atoms with Crippen LogP contribution in [0.3, 0.4) is 0 Å². The van der Waals surface area contributed by atoms with E-state index in [2.05, 4.69) is 46.9 Å². The number of carbonyl (C=O) groups excluding carboxylic acids is 2. The van der Waals surface area contributed by atoms with E-state index in [1.165, 1.54) is 16.7 Å². The molecule has 2 aromatic heterocycles. The van der Waals surface area contributed by atoms with Crippen molar-refractivity contribution in [2.24, 2.45) is 0 Å². The number of benzene rings is 1. The molecule has 0 bridgehead atoms. The van der Waals surface area contributed by atoms with Gasteiger partial charge in [0, 0.05) is 37.8 Å². The van der Waals surface area contributed by atoms with E-state index < -0.39 is 5.97 Å². The van der Waals surface area contributed by atoms with Crippen LogP contribution in [0.25, 0.3) is 5.65 Å². The van der Waals surface area contributed by atoms with Crippen LogP contribution in [0, 0.1) is 27.7 Å². The van der Waals surface area contributed by atoms with Gasteiger partial charge < -0.3 is 25.5 Å². The topological polar surface area (TPSA) is 125 Å². The Morgan fingerprint density at radius 2 is 1.71 bits per heavy atom. The minimum atomic E-state index is -1.03. The molecule has 0 aliphatic heterocycles. The van der Waals surface area contributed by atoms with Crippen molar-refractivity contribution >= 4 is 34.8 Å². The fourth-order valence-electron chi connectivity index (χ4n) is 3.73. The quantitative estimate of drug-likeness (QED) is 0.363. The van der Waals surface area contributed by atoms with Gasteiger partial charge in [-0.25, -0.2) is 4.98 Å². The number of rotatable bonds is 10. The molecule has 2 amide bonds. The Hall–Kier alpha value is -3.88. The molecular weight excluding hydrogens is 434 g/mol. The summed E-state index contributed by atoms with van der Waals surface area (Å²) in [4.78, 5) is 39.3. The Kier molecular flexibility index (Phi) is 7.88. The number of pyridine rings is 1. The first-order valence-electron chi connectivity index (χ1n) is 11.2. The first-order chi connectivity index (χ1) is 16.2. The lowest BCUT2D eigenvalue weighted by molar-refractivity contribution is -0.138. The molecule has 2 heterocycles. The SMILES string of the molecule is Cc1cccc(C)c1CNc1cc(NC(=O)CCNC(=O)CCC(=O)O)cn2c(C)c(C)nc12. The number of anilines is 2. The number of amides is 2. The van der Waals surface area contributed by atoms with Gasteiger partial charge in [0.05, 0.1) is 23.5 Å². The maximum Gasteiger partial charge on any atom is 0.303 e. The number of imidazole rings is 1. The van der Waals surface area contributed by atoms with E-state index in [9.17, 15) is 14.4 Å². The predicted molar refractivity (Wildman–Crippen MR) is 131 cm³/mol. The summed E-state index contributed by atoms with van der Waals surface area (Å²) < 4.78 is 1.95. The van der Waals surface area contributed by atoms with Gasteiger partial charge in [-0.3, -0.25) is 14.4 Å². The third-order valence-electron chi connectivity index (χ3n) is 5.82. The van der Waals surface area contributed by atoms with Crippen LogP contribution in [-0.2, 0) is 20.9 Å². The Morgan fingerprint density at radius 1 is 1.00 bits per heavy atom. The molecule has 0 spiro atoms. The summed E-state index contributed by atoms with van der Waals surface area (Å²) in [7, 11) is 0. The lowest BCUT2D eigenvalue weighted by Gasteiger charge is -2.15. The second kappa shape index (κ2) is 10.8. The molecule has 0 saturated carbocycles. The van der Waals surface area contributed by atoms with Crippen LogP contribution in [-0.4, -0.2) is 38.8 Å². The highest BCUT2D eigenvalue weighted by molar-refractivity contribution is 5.92. The van der Waals surface area contributed by atoms with Crippen LogP contribution in [0.4, 0.5) is 11.4 Å². The van der Waals surface area contributed by atoms with Crippen LogP contribution >= 0.6 is 0 Å². The first-order valence-corrected chi connectivity index (χ1v) is 11.2. The summed E-state index contributed by atoms with van der Waals surface area (Å²) in [6, 6.07) is 8.07. The molecule has 0 unspecified atom stereocenters. The molecule has 3 aromatic rings. The number of carboxylic acids is 1. The van der Waals surface area contributed by atoms with Crippen molar-refractivity contribution < 1.29 is 19.5 Å². The minimum absolute atomic E-state index is 0.0734. The molecule has 0 aliphatic carbocycles. The summed E-state index contributed by atoms with van der Waals surface area (Å²) in [6.45, 7) is 8.85. The third kappa shape index (κ3) is 6.12. The fraction of sp³-hybridized carbons (Fsp3) is 0.360. The van der Waals surface area contributed by atoms with Crippen LogP contribution < -0.4 is 16.0 Å². The molecule has 9 nitrogen and oxygen atoms in total. The third-order valence-corrected chi connectivity index (χ3v) is 5.82. The number of aryl methyl sites for hydroxylation is 4. The van der Waals surface area contributed by atoms with Gasteiger partial charge in [-0.05, 0) is 50.5 Å². The minimum Gasteiger partial charge on any atom is -0.481 e. The predicted octanol–water partition coefficient (Wildman–Crippen LogP) is 3.49. The standard InChI is InChI=1S/C25H31N5O4/c1-15-6-5-7-16(2)20(15)13-27-21-12-19(14-30-18(4)17(3)28-25(21)30)29-23(32)10-11-26-22(31)8-9-24(33)34/h5-7,12,14,27H,8-11,13H2,1-4H3,(H,26,31)(H,29,32)(H,33,34). The molecule has 34 heavy (non-hydrogen) atoms. The normalized spacial score (nSPS) is 10.8. The van der Waals surface area contributed by atoms with E-state index in [1.807, 2.05) is 36.6 Å². The van der Waals surface area contributed by atoms with Crippen molar-refractivity contribution in [3.63, 3.8) is 0 Å². The van der Waals surface area contributed by atoms with Crippen molar-refractivity contribution in [1.82, 2.24) is 14.7 Å². The van der Waals surface area contributed by atoms with Crippen molar-refractivity contribution in [3.8, 4) is 0 Å². The number of aliphatic carboxylic acids is 1. The molecule has 1 aromatic carbocycles. The molecule has 9 heteroatoms. The number of hydrogen-bond donors (Lipinski definition) is 4. The Labute approximate surface area is 198 Å². The van der Waals surface area contributed by atoms with Gasteiger partial charge in [0.25, 0.3) is 0 Å². The van der Waals surface area contributed by atoms with Gasteiger partial charge in [-0.15, -0.1) is 0 Å². The number of carboxylic acid groups (broad SMARTS) is 1. The Bertz CT molecular complexity index is 1210. The number of fused-ring (bicyclic) bond motifs is 1. The first kappa shape index (κ1) is 24.8. The molecule has 0 radical (unpaired) electrons. The lowest BCUT2D eigenvalue weighted by atomic mass is 10.0. The zero-order valence-electron chi connectivity index (χ0n) is 20.0. The molecule has 0 saturated heterocycles. The lowest BCUT2D eigenvalue weighted by Crippen LogP contribution is -2.28. The van der Waals surface area contributed by atoms with E-state index >= 15 is 0 Å². The molecule has 180 valence electrons. The zero-order valence-corrected chi connectivity index (χ0v) is 20.0. The molecule has 0 atom stereocenters. The smallest absolute Gasteiger partial charge is 0.303 e. The summed E-state index contributed by atoms with van der Waals surface area (Å²) in [5.41, 5.74) is 7.70. The van der Waals surface area contributed by atoms with Crippen LogP contribution in [0.1, 0.15) is 47.3 Å². The highest BCUT2D eigenvalue weighted by Crippen LogP contribution is 2.26. The van der Waals surface area contributed by atoms with E-state index in [0.717, 1.165) is 22.7 Å². The number of nitrogens with one attached hydrogen (secondary N) is 3. The Balaban J connectivity index is 1.72. The van der Waals surface area contributed by atoms with Gasteiger partial charge >= 0.3 is 5.97 Å². The zero-order chi connectivity index (χ0) is 24.8. The van der Waals surface area contributed by atoms with Gasteiger partial charge in [-0.2, -0.15) is 0 Å². The maximum atomic E-state index is 12.5. The molecular formula is C25H31N5O4. The molecule has 0 aliphatic rings. The summed E-state index contributed by atoms with van der Waals surface area (Å²) in [5, 5.41) is 17.6. The summed E-state index contributed by atoms with van der Waals surface area (Å²) in [5.74, 6) is -1.68.